The van der Waals surface area contributed by atoms with Gasteiger partial charge in [-0.05, 0) is 44.1 Å². The van der Waals surface area contributed by atoms with Gasteiger partial charge in [0.05, 0.1) is 30.7 Å². The number of nitroso groups, excluding NO2 is 1. The van der Waals surface area contributed by atoms with Crippen LogP contribution >= 0.6 is 0 Å². The number of ether oxygens (including phenoxy) is 3. The summed E-state index contributed by atoms with van der Waals surface area (Å²) in [7, 11) is 2.90. The predicted octanol–water partition coefficient (Wildman–Crippen LogP) is 5.57. The third-order valence-electron chi connectivity index (χ3n) is 4.53. The molecule has 8 nitrogen and oxygen atoms in total. The van der Waals surface area contributed by atoms with Crippen LogP contribution in [0.5, 0.6) is 11.5 Å². The number of fused-ring (bicyclic) bond motifs is 1. The molecule has 0 radical (unpaired) electrons. The minimum Gasteiger partial charge on any atom is -0.496 e. The first-order chi connectivity index (χ1) is 14.3. The van der Waals surface area contributed by atoms with E-state index in [2.05, 4.69) is 17.2 Å². The van der Waals surface area contributed by atoms with E-state index in [0.717, 1.165) is 5.57 Å². The number of nitrogens with one attached hydrogen (secondary N) is 1. The van der Waals surface area contributed by atoms with Gasteiger partial charge in [0, 0.05) is 17.6 Å². The summed E-state index contributed by atoms with van der Waals surface area (Å²) in [5.41, 5.74) is 4.28. The lowest BCUT2D eigenvalue weighted by atomic mass is 9.96. The molecule has 0 saturated carbocycles. The molecule has 0 aromatic heterocycles. The van der Waals surface area contributed by atoms with Gasteiger partial charge in [-0.3, -0.25) is 10.7 Å². The number of hydrogen-bond donors (Lipinski definition) is 2. The maximum Gasteiger partial charge on any atom is 0.333 e. The van der Waals surface area contributed by atoms with Crippen LogP contribution in [0.25, 0.3) is 10.8 Å². The number of anilines is 1. The first-order valence-corrected chi connectivity index (χ1v) is 9.23. The maximum absolute atomic E-state index is 12.3. The minimum absolute atomic E-state index is 0.0909. The molecule has 2 aromatic rings. The normalized spacial score (nSPS) is 11.4. The highest BCUT2D eigenvalue weighted by atomic mass is 16.5. The van der Waals surface area contributed by atoms with E-state index in [4.69, 9.17) is 14.2 Å². The molecule has 0 bridgehead atoms. The number of benzene rings is 2. The Hall–Kier alpha value is -3.39. The highest BCUT2D eigenvalue weighted by molar-refractivity contribution is 6.08. The molecule has 0 spiro atoms. The average molecular weight is 414 g/mol. The summed E-state index contributed by atoms with van der Waals surface area (Å²) >= 11 is 0. The molecule has 0 fully saturated rings. The van der Waals surface area contributed by atoms with Crippen LogP contribution in [-0.2, 0) is 9.53 Å². The quantitative estimate of drug-likeness (QED) is 0.181. The van der Waals surface area contributed by atoms with Crippen molar-refractivity contribution < 1.29 is 24.2 Å². The number of esters is 1. The van der Waals surface area contributed by atoms with E-state index in [1.807, 2.05) is 19.9 Å². The number of carbonyl (C=O) groups is 1. The van der Waals surface area contributed by atoms with Crippen LogP contribution in [-0.4, -0.2) is 25.4 Å². The Bertz CT molecular complexity index is 1010. The highest BCUT2D eigenvalue weighted by Gasteiger charge is 2.27. The van der Waals surface area contributed by atoms with Crippen LogP contribution in [0.3, 0.4) is 0 Å². The maximum atomic E-state index is 12.3. The Morgan fingerprint density at radius 3 is 2.43 bits per heavy atom. The summed E-state index contributed by atoms with van der Waals surface area (Å²) in [5, 5.41) is 13.4. The van der Waals surface area contributed by atoms with Crippen molar-refractivity contribution in [2.75, 3.05) is 19.7 Å². The number of allylic oxidation sites excluding steroid dienone is 1. The van der Waals surface area contributed by atoms with Gasteiger partial charge >= 0.3 is 5.97 Å². The van der Waals surface area contributed by atoms with Gasteiger partial charge in [0.2, 0.25) is 0 Å². The van der Waals surface area contributed by atoms with Crippen molar-refractivity contribution in [1.82, 2.24) is 0 Å². The molecule has 1 unspecified atom stereocenters. The number of carbonyl (C=O) groups excluding carboxylic acids is 1. The molecule has 2 N–H and O–H groups in total. The molecule has 160 valence electrons. The van der Waals surface area contributed by atoms with Crippen molar-refractivity contribution in [3.05, 3.63) is 52.5 Å². The van der Waals surface area contributed by atoms with Crippen molar-refractivity contribution in [2.45, 2.75) is 33.3 Å². The van der Waals surface area contributed by atoms with Gasteiger partial charge < -0.3 is 14.2 Å². The molecule has 0 heterocycles. The summed E-state index contributed by atoms with van der Waals surface area (Å²) in [4.78, 5) is 23.8. The Labute approximate surface area is 175 Å². The van der Waals surface area contributed by atoms with Crippen molar-refractivity contribution in [1.29, 1.82) is 0 Å². The second kappa shape index (κ2) is 9.89. The second-order valence-corrected chi connectivity index (χ2v) is 6.98. The summed E-state index contributed by atoms with van der Waals surface area (Å²) < 4.78 is 16.8. The van der Waals surface area contributed by atoms with E-state index in [1.165, 1.54) is 26.4 Å². The molecular weight excluding hydrogens is 388 g/mol. The highest BCUT2D eigenvalue weighted by Crippen LogP contribution is 2.48. The lowest BCUT2D eigenvalue weighted by Crippen LogP contribution is -2.13. The van der Waals surface area contributed by atoms with Crippen LogP contribution in [0, 0.1) is 4.91 Å². The number of methoxy groups -OCH3 is 2. The monoisotopic (exact) mass is 414 g/mol. The fraction of sp³-hybridized carbons (Fsp3) is 0.318. The molecule has 0 aliphatic heterocycles. The van der Waals surface area contributed by atoms with E-state index in [1.54, 1.807) is 13.0 Å². The third-order valence-corrected chi connectivity index (χ3v) is 4.53. The van der Waals surface area contributed by atoms with E-state index in [0.29, 0.717) is 39.9 Å². The fourth-order valence-corrected chi connectivity index (χ4v) is 3.10. The third kappa shape index (κ3) is 4.60. The van der Waals surface area contributed by atoms with Gasteiger partial charge in [0.1, 0.15) is 23.3 Å². The fourth-order valence-electron chi connectivity index (χ4n) is 3.10. The van der Waals surface area contributed by atoms with Crippen LogP contribution in [0.1, 0.15) is 38.9 Å². The lowest BCUT2D eigenvalue weighted by Gasteiger charge is -2.23. The number of rotatable bonds is 9. The van der Waals surface area contributed by atoms with E-state index in [-0.39, 0.29) is 11.3 Å². The summed E-state index contributed by atoms with van der Waals surface area (Å²) in [6, 6.07) is 4.61. The Balaban J connectivity index is 2.88. The van der Waals surface area contributed by atoms with Crippen LogP contribution in [0.4, 0.5) is 11.4 Å². The molecule has 2 aromatic carbocycles. The predicted molar refractivity (Wildman–Crippen MR) is 116 cm³/mol. The van der Waals surface area contributed by atoms with Gasteiger partial charge in [-0.25, -0.2) is 4.79 Å². The van der Waals surface area contributed by atoms with Gasteiger partial charge in [-0.1, -0.05) is 18.2 Å². The van der Waals surface area contributed by atoms with Crippen molar-refractivity contribution in [3.63, 3.8) is 0 Å². The molecule has 30 heavy (non-hydrogen) atoms. The molecule has 1 atom stereocenters. The summed E-state index contributed by atoms with van der Waals surface area (Å²) in [5.74, 6) is 0.0818. The second-order valence-electron chi connectivity index (χ2n) is 6.98. The zero-order valence-electron chi connectivity index (χ0n) is 17.7. The van der Waals surface area contributed by atoms with Gasteiger partial charge in [-0.15, -0.1) is 4.91 Å². The van der Waals surface area contributed by atoms with Crippen molar-refractivity contribution in [3.8, 4) is 11.5 Å². The lowest BCUT2D eigenvalue weighted by molar-refractivity contribution is -0.144. The average Bonchev–Trinajstić information content (AvgIpc) is 2.73. The van der Waals surface area contributed by atoms with Crippen molar-refractivity contribution in [2.24, 2.45) is 5.18 Å². The number of hydrogen-bond acceptors (Lipinski definition) is 8. The number of nitrogens with zero attached hydrogens (tertiary/aromatic N) is 1. The van der Waals surface area contributed by atoms with Crippen LogP contribution in [0.2, 0.25) is 0 Å². The summed E-state index contributed by atoms with van der Waals surface area (Å²) in [6.07, 6.45) is 1.56. The van der Waals surface area contributed by atoms with Gasteiger partial charge in [-0.2, -0.15) is 0 Å². The first-order valence-electron chi connectivity index (χ1n) is 9.23. The topological polar surface area (TPSA) is 106 Å². The molecule has 0 aliphatic rings. The van der Waals surface area contributed by atoms with Crippen LogP contribution in [0.15, 0.2) is 47.2 Å². The standard InChI is InChI=1S/C22H26N2O6/c1-12(2)7-10-17(30-22(25)13(3)4)14-11-18(28-5)19-15(23-26)8-9-16(24-27)20(19)21(14)29-6/h7-9,11,17,23,26H,3,10H2,1-2,4-6H3. The zero-order chi connectivity index (χ0) is 22.4. The van der Waals surface area contributed by atoms with Gasteiger partial charge in [0.25, 0.3) is 0 Å². The van der Waals surface area contributed by atoms with E-state index >= 15 is 0 Å². The molecular formula is C22H26N2O6. The Morgan fingerprint density at radius 1 is 1.23 bits per heavy atom. The first kappa shape index (κ1) is 22.9. The zero-order valence-corrected chi connectivity index (χ0v) is 17.7. The smallest absolute Gasteiger partial charge is 0.333 e. The Kier molecular flexibility index (Phi) is 7.54. The largest absolute Gasteiger partial charge is 0.496 e. The van der Waals surface area contributed by atoms with E-state index in [9.17, 15) is 14.9 Å². The molecule has 2 rings (SSSR count). The SMILES string of the molecule is C=C(C)C(=O)OC(CC=C(C)C)c1cc(OC)c2c(NO)ccc(N=O)c2c1OC. The molecule has 0 saturated heterocycles. The Morgan fingerprint density at radius 2 is 1.93 bits per heavy atom. The molecule has 0 amide bonds. The van der Waals surface area contributed by atoms with E-state index < -0.39 is 12.1 Å². The summed E-state index contributed by atoms with van der Waals surface area (Å²) in [6.45, 7) is 9.06. The molecule has 8 heteroatoms. The van der Waals surface area contributed by atoms with Crippen molar-refractivity contribution >= 4 is 28.1 Å². The van der Waals surface area contributed by atoms with Crippen LogP contribution < -0.4 is 15.0 Å². The molecule has 0 aliphatic carbocycles. The minimum atomic E-state index is -0.734. The van der Waals surface area contributed by atoms with Gasteiger partial charge in [0.15, 0.2) is 0 Å².